The number of pyridine rings is 1. The van der Waals surface area contributed by atoms with E-state index in [1.54, 1.807) is 19.3 Å². The summed E-state index contributed by atoms with van der Waals surface area (Å²) in [4.78, 5) is 28.8. The molecule has 1 aliphatic heterocycles. The first-order chi connectivity index (χ1) is 8.50. The van der Waals surface area contributed by atoms with Gasteiger partial charge in [-0.3, -0.25) is 14.6 Å². The first-order valence-electron chi connectivity index (χ1n) is 5.91. The average molecular weight is 248 g/mol. The van der Waals surface area contributed by atoms with Crippen LogP contribution in [-0.2, 0) is 9.59 Å². The van der Waals surface area contributed by atoms with Crippen molar-refractivity contribution in [3.8, 4) is 0 Å². The number of amides is 1. The van der Waals surface area contributed by atoms with Crippen molar-refractivity contribution >= 4 is 11.9 Å². The Morgan fingerprint density at radius 1 is 1.50 bits per heavy atom. The highest BCUT2D eigenvalue weighted by Gasteiger charge is 2.39. The zero-order valence-electron chi connectivity index (χ0n) is 10.5. The number of aliphatic carboxylic acids is 1. The second-order valence-electron chi connectivity index (χ2n) is 4.69. The van der Waals surface area contributed by atoms with Gasteiger partial charge in [0, 0.05) is 19.7 Å². The minimum Gasteiger partial charge on any atom is -0.481 e. The molecule has 2 unspecified atom stereocenters. The van der Waals surface area contributed by atoms with Crippen LogP contribution in [0.3, 0.4) is 0 Å². The fourth-order valence-corrected chi connectivity index (χ4v) is 2.36. The smallest absolute Gasteiger partial charge is 0.309 e. The summed E-state index contributed by atoms with van der Waals surface area (Å²) in [6.07, 6.45) is 2.36. The fourth-order valence-electron chi connectivity index (χ4n) is 2.36. The molecule has 2 rings (SSSR count). The van der Waals surface area contributed by atoms with Crippen molar-refractivity contribution in [3.05, 3.63) is 29.6 Å². The summed E-state index contributed by atoms with van der Waals surface area (Å²) in [7, 11) is 1.64. The normalized spacial score (nSPS) is 24.1. The number of nitrogens with zero attached hydrogens (tertiary/aromatic N) is 2. The van der Waals surface area contributed by atoms with Crippen molar-refractivity contribution in [3.63, 3.8) is 0 Å². The highest BCUT2D eigenvalue weighted by atomic mass is 16.4. The average Bonchev–Trinajstić information content (AvgIpc) is 2.33. The summed E-state index contributed by atoms with van der Waals surface area (Å²) >= 11 is 0. The molecule has 5 nitrogen and oxygen atoms in total. The maximum absolute atomic E-state index is 11.7. The third-order valence-electron chi connectivity index (χ3n) is 3.42. The number of hydrogen-bond acceptors (Lipinski definition) is 3. The van der Waals surface area contributed by atoms with Gasteiger partial charge in [0.2, 0.25) is 5.91 Å². The molecule has 1 saturated heterocycles. The molecule has 1 aromatic rings. The van der Waals surface area contributed by atoms with Crippen molar-refractivity contribution in [2.45, 2.75) is 25.8 Å². The van der Waals surface area contributed by atoms with Crippen molar-refractivity contribution in [1.29, 1.82) is 0 Å². The van der Waals surface area contributed by atoms with Crippen molar-refractivity contribution in [2.24, 2.45) is 5.92 Å². The Labute approximate surface area is 105 Å². The van der Waals surface area contributed by atoms with Crippen molar-refractivity contribution in [1.82, 2.24) is 9.88 Å². The van der Waals surface area contributed by atoms with Gasteiger partial charge >= 0.3 is 5.97 Å². The molecule has 18 heavy (non-hydrogen) atoms. The molecule has 1 fully saturated rings. The van der Waals surface area contributed by atoms with E-state index in [0.717, 1.165) is 5.56 Å². The topological polar surface area (TPSA) is 70.5 Å². The summed E-state index contributed by atoms with van der Waals surface area (Å²) < 4.78 is 0. The number of carbonyl (C=O) groups is 2. The fraction of sp³-hybridized carbons (Fsp3) is 0.462. The van der Waals surface area contributed by atoms with Crippen LogP contribution in [0.25, 0.3) is 0 Å². The van der Waals surface area contributed by atoms with E-state index in [1.165, 1.54) is 4.90 Å². The molecule has 1 aliphatic rings. The lowest BCUT2D eigenvalue weighted by molar-refractivity contribution is -0.151. The standard InChI is InChI=1S/C13H16N2O3/c1-8-3-5-10(14-7-8)12-9(13(17)18)4-6-11(16)15(12)2/h3,5,7,9,12H,4,6H2,1-2H3,(H,17,18). The number of carboxylic acid groups (broad SMARTS) is 1. The van der Waals surface area contributed by atoms with Crippen molar-refractivity contribution in [2.75, 3.05) is 7.05 Å². The Morgan fingerprint density at radius 2 is 2.22 bits per heavy atom. The molecule has 2 heterocycles. The van der Waals surface area contributed by atoms with Gasteiger partial charge in [-0.15, -0.1) is 0 Å². The Hall–Kier alpha value is -1.91. The molecule has 0 spiro atoms. The number of carbonyl (C=O) groups excluding carboxylic acids is 1. The molecule has 0 bridgehead atoms. The molecule has 0 saturated carbocycles. The van der Waals surface area contributed by atoms with Crippen LogP contribution >= 0.6 is 0 Å². The lowest BCUT2D eigenvalue weighted by atomic mass is 9.87. The zero-order valence-corrected chi connectivity index (χ0v) is 10.5. The van der Waals surface area contributed by atoms with Gasteiger partial charge in [-0.05, 0) is 25.0 Å². The third kappa shape index (κ3) is 2.20. The number of aromatic nitrogens is 1. The second-order valence-corrected chi connectivity index (χ2v) is 4.69. The second kappa shape index (κ2) is 4.76. The molecule has 0 aliphatic carbocycles. The zero-order chi connectivity index (χ0) is 13.3. The van der Waals surface area contributed by atoms with Crippen LogP contribution in [0, 0.1) is 12.8 Å². The highest BCUT2D eigenvalue weighted by Crippen LogP contribution is 2.34. The molecule has 1 aromatic heterocycles. The third-order valence-corrected chi connectivity index (χ3v) is 3.42. The molecule has 2 atom stereocenters. The van der Waals surface area contributed by atoms with E-state index in [9.17, 15) is 14.7 Å². The van der Waals surface area contributed by atoms with E-state index in [2.05, 4.69) is 4.98 Å². The van der Waals surface area contributed by atoms with Crippen LogP contribution in [0.4, 0.5) is 0 Å². The number of hydrogen-bond donors (Lipinski definition) is 1. The first kappa shape index (κ1) is 12.5. The molecule has 0 aromatic carbocycles. The van der Waals surface area contributed by atoms with Crippen LogP contribution in [-0.4, -0.2) is 33.9 Å². The molecule has 1 N–H and O–H groups in total. The maximum Gasteiger partial charge on any atom is 0.309 e. The number of piperidine rings is 1. The predicted octanol–water partition coefficient (Wildman–Crippen LogP) is 1.38. The molecule has 0 radical (unpaired) electrons. The number of rotatable bonds is 2. The Bertz CT molecular complexity index is 470. The quantitative estimate of drug-likeness (QED) is 0.858. The van der Waals surface area contributed by atoms with Gasteiger partial charge in [0.05, 0.1) is 17.7 Å². The first-order valence-corrected chi connectivity index (χ1v) is 5.91. The van der Waals surface area contributed by atoms with Gasteiger partial charge in [0.1, 0.15) is 0 Å². The molecular weight excluding hydrogens is 232 g/mol. The Morgan fingerprint density at radius 3 is 2.78 bits per heavy atom. The van der Waals surface area contributed by atoms with Gasteiger partial charge in [0.15, 0.2) is 0 Å². The summed E-state index contributed by atoms with van der Waals surface area (Å²) in [6, 6.07) is 3.21. The predicted molar refractivity (Wildman–Crippen MR) is 64.8 cm³/mol. The monoisotopic (exact) mass is 248 g/mol. The summed E-state index contributed by atoms with van der Waals surface area (Å²) in [5.41, 5.74) is 1.65. The molecule has 96 valence electrons. The van der Waals surface area contributed by atoms with E-state index >= 15 is 0 Å². The Kier molecular flexibility index (Phi) is 3.32. The van der Waals surface area contributed by atoms with Gasteiger partial charge in [-0.25, -0.2) is 0 Å². The minimum absolute atomic E-state index is 0.0279. The lowest BCUT2D eigenvalue weighted by Crippen LogP contribution is -2.43. The maximum atomic E-state index is 11.7. The van der Waals surface area contributed by atoms with Gasteiger partial charge in [0.25, 0.3) is 0 Å². The van der Waals surface area contributed by atoms with Gasteiger partial charge in [-0.2, -0.15) is 0 Å². The largest absolute Gasteiger partial charge is 0.481 e. The van der Waals surface area contributed by atoms with Crippen LogP contribution < -0.4 is 0 Å². The highest BCUT2D eigenvalue weighted by molar-refractivity contribution is 5.81. The van der Waals surface area contributed by atoms with E-state index in [4.69, 9.17) is 0 Å². The summed E-state index contributed by atoms with van der Waals surface area (Å²) in [5, 5.41) is 9.26. The van der Waals surface area contributed by atoms with Crippen LogP contribution in [0.1, 0.15) is 30.1 Å². The van der Waals surface area contributed by atoms with E-state index < -0.39 is 17.9 Å². The number of likely N-dealkylation sites (tertiary alicyclic amines) is 1. The van der Waals surface area contributed by atoms with E-state index in [-0.39, 0.29) is 12.3 Å². The van der Waals surface area contributed by atoms with Crippen LogP contribution in [0.15, 0.2) is 18.3 Å². The Balaban J connectivity index is 2.37. The number of aryl methyl sites for hydroxylation is 1. The van der Waals surface area contributed by atoms with Crippen molar-refractivity contribution < 1.29 is 14.7 Å². The molecule has 1 amide bonds. The molecular formula is C13H16N2O3. The lowest BCUT2D eigenvalue weighted by Gasteiger charge is -2.36. The summed E-state index contributed by atoms with van der Waals surface area (Å²) in [6.45, 7) is 1.92. The van der Waals surface area contributed by atoms with Gasteiger partial charge < -0.3 is 10.0 Å². The van der Waals surface area contributed by atoms with Crippen LogP contribution in [0.2, 0.25) is 0 Å². The van der Waals surface area contributed by atoms with Gasteiger partial charge in [-0.1, -0.05) is 6.07 Å². The van der Waals surface area contributed by atoms with Crippen LogP contribution in [0.5, 0.6) is 0 Å². The molecule has 5 heteroatoms. The minimum atomic E-state index is -0.873. The SMILES string of the molecule is Cc1ccc(C2C(C(=O)O)CCC(=O)N2C)nc1. The summed E-state index contributed by atoms with van der Waals surface area (Å²) in [5.74, 6) is -1.48. The van der Waals surface area contributed by atoms with E-state index in [0.29, 0.717) is 12.1 Å². The number of carboxylic acids is 1. The van der Waals surface area contributed by atoms with E-state index in [1.807, 2.05) is 13.0 Å².